The normalized spacial score (nSPS) is 11.5. The first-order valence-corrected chi connectivity index (χ1v) is 8.49. The quantitative estimate of drug-likeness (QED) is 0.733. The molecule has 0 spiro atoms. The van der Waals surface area contributed by atoms with Gasteiger partial charge < -0.3 is 0 Å². The van der Waals surface area contributed by atoms with Crippen LogP contribution in [0.25, 0.3) is 11.1 Å². The van der Waals surface area contributed by atoms with E-state index in [0.717, 1.165) is 11.1 Å². The zero-order chi connectivity index (χ0) is 15.7. The molecule has 0 atom stereocenters. The molecule has 0 saturated carbocycles. The van der Waals surface area contributed by atoms with Gasteiger partial charge in [0.05, 0.1) is 4.90 Å². The van der Waals surface area contributed by atoms with E-state index in [0.29, 0.717) is 10.6 Å². The molecular formula is C18H17NO2S. The van der Waals surface area contributed by atoms with Gasteiger partial charge in [0.15, 0.2) is 0 Å². The van der Waals surface area contributed by atoms with Gasteiger partial charge in [0.2, 0.25) is 0 Å². The summed E-state index contributed by atoms with van der Waals surface area (Å²) in [5.41, 5.74) is 3.78. The molecule has 0 saturated heterocycles. The fraction of sp³-hybridized carbons (Fsp3) is 0.111. The van der Waals surface area contributed by atoms with Crippen LogP contribution in [0, 0.1) is 13.8 Å². The van der Waals surface area contributed by atoms with Crippen LogP contribution in [0.2, 0.25) is 0 Å². The molecule has 112 valence electrons. The Labute approximate surface area is 130 Å². The zero-order valence-electron chi connectivity index (χ0n) is 12.5. The fourth-order valence-electron chi connectivity index (χ4n) is 2.42. The minimum absolute atomic E-state index is 0.296. The summed E-state index contributed by atoms with van der Waals surface area (Å²) >= 11 is 0. The SMILES string of the molecule is Cc1ccc(-c2cc(C)n(S(=O)(=O)c3ccccc3)c2)cc1. The van der Waals surface area contributed by atoms with Gasteiger partial charge in [-0.2, -0.15) is 0 Å². The average Bonchev–Trinajstić information content (AvgIpc) is 2.91. The molecule has 0 aliphatic carbocycles. The molecule has 0 radical (unpaired) electrons. The summed E-state index contributed by atoms with van der Waals surface area (Å²) in [6.45, 7) is 3.83. The van der Waals surface area contributed by atoms with Crippen LogP contribution < -0.4 is 0 Å². The highest BCUT2D eigenvalue weighted by molar-refractivity contribution is 7.90. The van der Waals surface area contributed by atoms with Gasteiger partial charge in [0, 0.05) is 17.5 Å². The highest BCUT2D eigenvalue weighted by atomic mass is 32.2. The van der Waals surface area contributed by atoms with Gasteiger partial charge in [-0.05, 0) is 37.6 Å². The van der Waals surface area contributed by atoms with Crippen molar-refractivity contribution in [3.05, 3.63) is 78.1 Å². The summed E-state index contributed by atoms with van der Waals surface area (Å²) in [4.78, 5) is 0.296. The molecule has 0 amide bonds. The largest absolute Gasteiger partial charge is 0.267 e. The number of nitrogens with zero attached hydrogens (tertiary/aromatic N) is 1. The fourth-order valence-corrected chi connectivity index (χ4v) is 3.84. The van der Waals surface area contributed by atoms with Gasteiger partial charge in [-0.25, -0.2) is 12.4 Å². The average molecular weight is 311 g/mol. The summed E-state index contributed by atoms with van der Waals surface area (Å²) in [7, 11) is -3.55. The molecule has 2 aromatic carbocycles. The Hall–Kier alpha value is -2.33. The molecule has 22 heavy (non-hydrogen) atoms. The molecule has 0 unspecified atom stereocenters. The van der Waals surface area contributed by atoms with Crippen molar-refractivity contribution in [1.82, 2.24) is 3.97 Å². The lowest BCUT2D eigenvalue weighted by Gasteiger charge is -2.07. The van der Waals surface area contributed by atoms with Crippen molar-refractivity contribution in [1.29, 1.82) is 0 Å². The van der Waals surface area contributed by atoms with Gasteiger partial charge in [-0.15, -0.1) is 0 Å². The van der Waals surface area contributed by atoms with Crippen molar-refractivity contribution >= 4 is 10.0 Å². The third kappa shape index (κ3) is 2.57. The molecule has 0 fully saturated rings. The Kier molecular flexibility index (Phi) is 3.62. The number of aryl methyl sites for hydroxylation is 2. The molecule has 0 N–H and O–H groups in total. The van der Waals surface area contributed by atoms with Crippen LogP contribution in [0.1, 0.15) is 11.3 Å². The van der Waals surface area contributed by atoms with Crippen molar-refractivity contribution in [2.75, 3.05) is 0 Å². The van der Waals surface area contributed by atoms with E-state index in [1.54, 1.807) is 43.5 Å². The number of hydrogen-bond donors (Lipinski definition) is 0. The van der Waals surface area contributed by atoms with E-state index in [2.05, 4.69) is 0 Å². The molecule has 3 rings (SSSR count). The van der Waals surface area contributed by atoms with Crippen LogP contribution >= 0.6 is 0 Å². The summed E-state index contributed by atoms with van der Waals surface area (Å²) in [6.07, 6.45) is 1.68. The van der Waals surface area contributed by atoms with Gasteiger partial charge in [-0.3, -0.25) is 0 Å². The third-order valence-electron chi connectivity index (χ3n) is 3.65. The van der Waals surface area contributed by atoms with Crippen LogP contribution in [0.3, 0.4) is 0 Å². The van der Waals surface area contributed by atoms with E-state index in [4.69, 9.17) is 0 Å². The van der Waals surface area contributed by atoms with Crippen molar-refractivity contribution in [2.24, 2.45) is 0 Å². The van der Waals surface area contributed by atoms with E-state index in [1.807, 2.05) is 37.3 Å². The Morgan fingerprint density at radius 2 is 1.45 bits per heavy atom. The standard InChI is InChI=1S/C18H17NO2S/c1-14-8-10-16(11-9-14)17-12-15(2)19(13-17)22(20,21)18-6-4-3-5-7-18/h3-13H,1-2H3. The Morgan fingerprint density at radius 3 is 2.09 bits per heavy atom. The first-order valence-electron chi connectivity index (χ1n) is 7.05. The summed E-state index contributed by atoms with van der Waals surface area (Å²) < 4.78 is 26.8. The monoisotopic (exact) mass is 311 g/mol. The molecule has 3 nitrogen and oxygen atoms in total. The summed E-state index contributed by atoms with van der Waals surface area (Å²) in [6, 6.07) is 18.4. The second kappa shape index (κ2) is 5.46. The first-order chi connectivity index (χ1) is 10.5. The lowest BCUT2D eigenvalue weighted by Crippen LogP contribution is -2.13. The maximum absolute atomic E-state index is 12.7. The van der Waals surface area contributed by atoms with E-state index < -0.39 is 10.0 Å². The minimum atomic E-state index is -3.55. The molecule has 1 aromatic heterocycles. The van der Waals surface area contributed by atoms with Crippen LogP contribution in [-0.4, -0.2) is 12.4 Å². The van der Waals surface area contributed by atoms with Crippen molar-refractivity contribution in [3.63, 3.8) is 0 Å². The predicted molar refractivity (Wildman–Crippen MR) is 88.4 cm³/mol. The van der Waals surface area contributed by atoms with Crippen LogP contribution in [0.5, 0.6) is 0 Å². The van der Waals surface area contributed by atoms with Gasteiger partial charge in [-0.1, -0.05) is 48.0 Å². The number of hydrogen-bond acceptors (Lipinski definition) is 2. The van der Waals surface area contributed by atoms with Gasteiger partial charge in [0.25, 0.3) is 10.0 Å². The Bertz CT molecular complexity index is 892. The minimum Gasteiger partial charge on any atom is -0.246 e. The second-order valence-corrected chi connectivity index (χ2v) is 7.17. The molecule has 4 heteroatoms. The van der Waals surface area contributed by atoms with Crippen molar-refractivity contribution < 1.29 is 8.42 Å². The topological polar surface area (TPSA) is 39.1 Å². The van der Waals surface area contributed by atoms with Gasteiger partial charge >= 0.3 is 0 Å². The lowest BCUT2D eigenvalue weighted by atomic mass is 10.1. The number of benzene rings is 2. The van der Waals surface area contributed by atoms with Gasteiger partial charge in [0.1, 0.15) is 0 Å². The molecule has 0 aliphatic rings. The number of aromatic nitrogens is 1. The highest BCUT2D eigenvalue weighted by Gasteiger charge is 2.19. The lowest BCUT2D eigenvalue weighted by molar-refractivity contribution is 0.586. The predicted octanol–water partition coefficient (Wildman–Crippen LogP) is 4.01. The van der Waals surface area contributed by atoms with Crippen molar-refractivity contribution in [2.45, 2.75) is 18.7 Å². The first kappa shape index (κ1) is 14.6. The maximum Gasteiger partial charge on any atom is 0.267 e. The van der Waals surface area contributed by atoms with E-state index in [-0.39, 0.29) is 0 Å². The number of rotatable bonds is 3. The second-order valence-electron chi connectivity index (χ2n) is 5.35. The third-order valence-corrected chi connectivity index (χ3v) is 5.43. The maximum atomic E-state index is 12.7. The highest BCUT2D eigenvalue weighted by Crippen LogP contribution is 2.25. The molecule has 1 heterocycles. The molecule has 0 aliphatic heterocycles. The Balaban J connectivity index is 2.08. The molecule has 0 bridgehead atoms. The summed E-state index contributed by atoms with van der Waals surface area (Å²) in [5.74, 6) is 0. The van der Waals surface area contributed by atoms with Crippen LogP contribution in [0.15, 0.2) is 71.8 Å². The van der Waals surface area contributed by atoms with E-state index in [1.165, 1.54) is 9.54 Å². The van der Waals surface area contributed by atoms with Crippen molar-refractivity contribution in [3.8, 4) is 11.1 Å². The van der Waals surface area contributed by atoms with Crippen LogP contribution in [0.4, 0.5) is 0 Å². The zero-order valence-corrected chi connectivity index (χ0v) is 13.3. The molecule has 3 aromatic rings. The van der Waals surface area contributed by atoms with E-state index >= 15 is 0 Å². The summed E-state index contributed by atoms with van der Waals surface area (Å²) in [5, 5.41) is 0. The Morgan fingerprint density at radius 1 is 0.818 bits per heavy atom. The smallest absolute Gasteiger partial charge is 0.246 e. The molecular weight excluding hydrogens is 294 g/mol. The van der Waals surface area contributed by atoms with Crippen LogP contribution in [-0.2, 0) is 10.0 Å². The van der Waals surface area contributed by atoms with E-state index in [9.17, 15) is 8.42 Å².